The molecule has 1 aromatic rings. The molecule has 0 atom stereocenters. The van der Waals surface area contributed by atoms with Crippen molar-refractivity contribution in [3.8, 4) is 0 Å². The number of hydrogen-bond donors (Lipinski definition) is 0. The Morgan fingerprint density at radius 1 is 1.50 bits per heavy atom. The van der Waals surface area contributed by atoms with E-state index in [1.54, 1.807) is 13.0 Å². The molecular weight excluding hydrogens is 222 g/mol. The van der Waals surface area contributed by atoms with Gasteiger partial charge in [-0.05, 0) is 44.9 Å². The summed E-state index contributed by atoms with van der Waals surface area (Å²) in [5.41, 5.74) is 1.73. The summed E-state index contributed by atoms with van der Waals surface area (Å²) in [5.74, 6) is 0.0583. The van der Waals surface area contributed by atoms with E-state index < -0.39 is 0 Å². The van der Waals surface area contributed by atoms with Crippen molar-refractivity contribution >= 4 is 23.1 Å². The van der Waals surface area contributed by atoms with Crippen molar-refractivity contribution in [1.29, 1.82) is 0 Å². The lowest BCUT2D eigenvalue weighted by Gasteiger charge is -2.24. The van der Waals surface area contributed by atoms with Crippen molar-refractivity contribution < 1.29 is 4.79 Å². The van der Waals surface area contributed by atoms with Crippen LogP contribution in [0.15, 0.2) is 18.2 Å². The SMILES string of the molecule is CCN(c1ccc(C(C)=O)cc1Cl)C1CC1. The number of benzene rings is 1. The molecule has 0 saturated heterocycles. The summed E-state index contributed by atoms with van der Waals surface area (Å²) < 4.78 is 0. The Hall–Kier alpha value is -1.02. The monoisotopic (exact) mass is 237 g/mol. The number of ketones is 1. The minimum atomic E-state index is 0.0583. The van der Waals surface area contributed by atoms with Gasteiger partial charge in [0.2, 0.25) is 0 Å². The fourth-order valence-corrected chi connectivity index (χ4v) is 2.26. The predicted molar refractivity (Wildman–Crippen MR) is 67.5 cm³/mol. The van der Waals surface area contributed by atoms with E-state index in [0.29, 0.717) is 16.6 Å². The van der Waals surface area contributed by atoms with Gasteiger partial charge in [-0.2, -0.15) is 0 Å². The molecule has 1 saturated carbocycles. The van der Waals surface area contributed by atoms with Gasteiger partial charge in [-0.15, -0.1) is 0 Å². The summed E-state index contributed by atoms with van der Waals surface area (Å²) >= 11 is 6.22. The van der Waals surface area contributed by atoms with E-state index in [2.05, 4.69) is 11.8 Å². The van der Waals surface area contributed by atoms with Crippen LogP contribution in [0.1, 0.15) is 37.0 Å². The first-order valence-corrected chi connectivity index (χ1v) is 6.08. The third-order valence-corrected chi connectivity index (χ3v) is 3.29. The average Bonchev–Trinajstić information content (AvgIpc) is 3.05. The fourth-order valence-electron chi connectivity index (χ4n) is 1.97. The molecule has 0 spiro atoms. The standard InChI is InChI=1S/C13H16ClNO/c1-3-15(11-5-6-11)13-7-4-10(9(2)16)8-12(13)14/h4,7-8,11H,3,5-6H2,1-2H3. The van der Waals surface area contributed by atoms with Crippen LogP contribution < -0.4 is 4.90 Å². The van der Waals surface area contributed by atoms with Gasteiger partial charge in [0, 0.05) is 18.2 Å². The van der Waals surface area contributed by atoms with E-state index in [1.807, 2.05) is 12.1 Å². The van der Waals surface area contributed by atoms with Gasteiger partial charge < -0.3 is 4.90 Å². The second kappa shape index (κ2) is 4.46. The zero-order valence-corrected chi connectivity index (χ0v) is 10.4. The molecule has 1 fully saturated rings. The highest BCUT2D eigenvalue weighted by molar-refractivity contribution is 6.33. The Kier molecular flexibility index (Phi) is 3.20. The van der Waals surface area contributed by atoms with Crippen LogP contribution in [0, 0.1) is 0 Å². The minimum Gasteiger partial charge on any atom is -0.368 e. The van der Waals surface area contributed by atoms with E-state index in [9.17, 15) is 4.79 Å². The number of nitrogens with zero attached hydrogens (tertiary/aromatic N) is 1. The molecule has 0 radical (unpaired) electrons. The number of carbonyl (C=O) groups is 1. The molecule has 0 amide bonds. The number of anilines is 1. The van der Waals surface area contributed by atoms with E-state index in [0.717, 1.165) is 12.2 Å². The van der Waals surface area contributed by atoms with Crippen molar-refractivity contribution in [2.24, 2.45) is 0 Å². The lowest BCUT2D eigenvalue weighted by Crippen LogP contribution is -2.25. The van der Waals surface area contributed by atoms with Crippen LogP contribution >= 0.6 is 11.6 Å². The summed E-state index contributed by atoms with van der Waals surface area (Å²) in [4.78, 5) is 13.5. The molecule has 0 unspecified atom stereocenters. The Morgan fingerprint density at radius 2 is 2.19 bits per heavy atom. The van der Waals surface area contributed by atoms with E-state index in [4.69, 9.17) is 11.6 Å². The summed E-state index contributed by atoms with van der Waals surface area (Å²) in [6.07, 6.45) is 2.50. The van der Waals surface area contributed by atoms with Crippen molar-refractivity contribution in [2.75, 3.05) is 11.4 Å². The molecule has 0 heterocycles. The normalized spacial score (nSPS) is 14.9. The van der Waals surface area contributed by atoms with Gasteiger partial charge in [0.15, 0.2) is 5.78 Å². The molecule has 2 nitrogen and oxygen atoms in total. The van der Waals surface area contributed by atoms with Gasteiger partial charge in [0.05, 0.1) is 10.7 Å². The van der Waals surface area contributed by atoms with E-state index in [1.165, 1.54) is 12.8 Å². The van der Waals surface area contributed by atoms with Gasteiger partial charge in [0.25, 0.3) is 0 Å². The highest BCUT2D eigenvalue weighted by Gasteiger charge is 2.29. The topological polar surface area (TPSA) is 20.3 Å². The van der Waals surface area contributed by atoms with Crippen molar-refractivity contribution in [3.63, 3.8) is 0 Å². The molecular formula is C13H16ClNO. The molecule has 0 N–H and O–H groups in total. The molecule has 0 aliphatic heterocycles. The van der Waals surface area contributed by atoms with Crippen LogP contribution in [0.3, 0.4) is 0 Å². The number of rotatable bonds is 4. The number of Topliss-reactive ketones (excluding diaryl/α,β-unsaturated/α-hetero) is 1. The summed E-state index contributed by atoms with van der Waals surface area (Å²) in [5, 5.41) is 0.682. The second-order valence-electron chi connectivity index (χ2n) is 4.24. The molecule has 2 rings (SSSR count). The Labute approximate surface area is 101 Å². The third-order valence-electron chi connectivity index (χ3n) is 2.99. The van der Waals surface area contributed by atoms with Gasteiger partial charge in [-0.1, -0.05) is 11.6 Å². The molecule has 1 aromatic carbocycles. The predicted octanol–water partition coefficient (Wildman–Crippen LogP) is 3.53. The van der Waals surface area contributed by atoms with Crippen molar-refractivity contribution in [1.82, 2.24) is 0 Å². The number of carbonyl (C=O) groups excluding carboxylic acids is 1. The van der Waals surface area contributed by atoms with E-state index in [-0.39, 0.29) is 5.78 Å². The van der Waals surface area contributed by atoms with Crippen LogP contribution in [0.2, 0.25) is 5.02 Å². The lowest BCUT2D eigenvalue weighted by atomic mass is 10.1. The van der Waals surface area contributed by atoms with Crippen molar-refractivity contribution in [3.05, 3.63) is 28.8 Å². The van der Waals surface area contributed by atoms with Crippen LogP contribution in [-0.2, 0) is 0 Å². The van der Waals surface area contributed by atoms with Crippen LogP contribution in [0.25, 0.3) is 0 Å². The molecule has 16 heavy (non-hydrogen) atoms. The minimum absolute atomic E-state index is 0.0583. The Morgan fingerprint density at radius 3 is 2.62 bits per heavy atom. The first-order valence-electron chi connectivity index (χ1n) is 5.70. The zero-order valence-electron chi connectivity index (χ0n) is 9.66. The molecule has 1 aliphatic rings. The molecule has 86 valence electrons. The fraction of sp³-hybridized carbons (Fsp3) is 0.462. The molecule has 3 heteroatoms. The maximum atomic E-state index is 11.2. The average molecular weight is 238 g/mol. The molecule has 0 aromatic heterocycles. The second-order valence-corrected chi connectivity index (χ2v) is 4.65. The summed E-state index contributed by atoms with van der Waals surface area (Å²) in [6.45, 7) is 4.65. The van der Waals surface area contributed by atoms with Crippen LogP contribution in [-0.4, -0.2) is 18.4 Å². The van der Waals surface area contributed by atoms with Gasteiger partial charge in [-0.3, -0.25) is 4.79 Å². The lowest BCUT2D eigenvalue weighted by molar-refractivity contribution is 0.101. The molecule has 0 bridgehead atoms. The first kappa shape index (κ1) is 11.5. The first-order chi connectivity index (χ1) is 7.63. The smallest absolute Gasteiger partial charge is 0.159 e. The molecule has 1 aliphatic carbocycles. The highest BCUT2D eigenvalue weighted by atomic mass is 35.5. The highest BCUT2D eigenvalue weighted by Crippen LogP contribution is 2.35. The largest absolute Gasteiger partial charge is 0.368 e. The summed E-state index contributed by atoms with van der Waals surface area (Å²) in [6, 6.07) is 6.23. The maximum Gasteiger partial charge on any atom is 0.159 e. The van der Waals surface area contributed by atoms with Crippen LogP contribution in [0.4, 0.5) is 5.69 Å². The van der Waals surface area contributed by atoms with Crippen molar-refractivity contribution in [2.45, 2.75) is 32.7 Å². The maximum absolute atomic E-state index is 11.2. The van der Waals surface area contributed by atoms with Gasteiger partial charge >= 0.3 is 0 Å². The van der Waals surface area contributed by atoms with E-state index >= 15 is 0 Å². The van der Waals surface area contributed by atoms with Crippen LogP contribution in [0.5, 0.6) is 0 Å². The van der Waals surface area contributed by atoms with Gasteiger partial charge in [0.1, 0.15) is 0 Å². The number of halogens is 1. The Balaban J connectivity index is 2.30. The summed E-state index contributed by atoms with van der Waals surface area (Å²) in [7, 11) is 0. The third kappa shape index (κ3) is 2.22. The Bertz CT molecular complexity index is 412. The quantitative estimate of drug-likeness (QED) is 0.747. The zero-order chi connectivity index (χ0) is 11.7. The van der Waals surface area contributed by atoms with Gasteiger partial charge in [-0.25, -0.2) is 0 Å². The number of hydrogen-bond acceptors (Lipinski definition) is 2.